The first kappa shape index (κ1) is 12.9. The lowest BCUT2D eigenvalue weighted by Crippen LogP contribution is -2.25. The third kappa shape index (κ3) is 3.45. The molecule has 0 unspecified atom stereocenters. The van der Waals surface area contributed by atoms with Crippen LogP contribution in [-0.4, -0.2) is 27.1 Å². The number of benzene rings is 1. The van der Waals surface area contributed by atoms with Crippen LogP contribution in [0, 0.1) is 6.92 Å². The summed E-state index contributed by atoms with van der Waals surface area (Å²) in [5.74, 6) is 0. The fourth-order valence-corrected chi connectivity index (χ4v) is 1.72. The van der Waals surface area contributed by atoms with Crippen LogP contribution in [0.4, 0.5) is 14.5 Å². The lowest BCUT2D eigenvalue weighted by atomic mass is 10.1. The van der Waals surface area contributed by atoms with Gasteiger partial charge in [0.2, 0.25) is 0 Å². The number of hydrogen-bond donors (Lipinski definition) is 1. The summed E-state index contributed by atoms with van der Waals surface area (Å²) in [7, 11) is 3.54. The van der Waals surface area contributed by atoms with Crippen LogP contribution in [0.25, 0.3) is 0 Å². The summed E-state index contributed by atoms with van der Waals surface area (Å²) < 4.78 is 24.6. The summed E-state index contributed by atoms with van der Waals surface area (Å²) in [6.45, 7) is 2.44. The number of aryl methyl sites for hydroxylation is 1. The maximum atomic E-state index is 12.3. The van der Waals surface area contributed by atoms with Crippen molar-refractivity contribution in [1.82, 2.24) is 5.32 Å². The first-order valence-corrected chi connectivity index (χ1v) is 5.28. The number of rotatable bonds is 5. The van der Waals surface area contributed by atoms with E-state index in [-0.39, 0.29) is 6.54 Å². The van der Waals surface area contributed by atoms with E-state index in [4.69, 9.17) is 0 Å². The van der Waals surface area contributed by atoms with Crippen LogP contribution >= 0.6 is 0 Å². The van der Waals surface area contributed by atoms with Gasteiger partial charge in [0, 0.05) is 19.3 Å². The quantitative estimate of drug-likeness (QED) is 0.832. The molecule has 0 bridgehead atoms. The molecule has 0 spiro atoms. The lowest BCUT2D eigenvalue weighted by molar-refractivity contribution is 0.156. The predicted octanol–water partition coefficient (Wildman–Crippen LogP) is 2.42. The van der Waals surface area contributed by atoms with Crippen LogP contribution in [0.5, 0.6) is 0 Å². The molecule has 0 heterocycles. The van der Waals surface area contributed by atoms with Gasteiger partial charge in [-0.3, -0.25) is 0 Å². The molecule has 0 amide bonds. The van der Waals surface area contributed by atoms with Gasteiger partial charge in [-0.25, -0.2) is 8.78 Å². The van der Waals surface area contributed by atoms with E-state index in [1.165, 1.54) is 0 Å². The first-order valence-electron chi connectivity index (χ1n) is 5.28. The SMILES string of the molecule is CNCc1cc(C)ccc1N(C)CC(F)F. The molecule has 1 N–H and O–H groups in total. The van der Waals surface area contributed by atoms with E-state index in [0.29, 0.717) is 6.54 Å². The fraction of sp³-hybridized carbons (Fsp3) is 0.500. The van der Waals surface area contributed by atoms with Gasteiger partial charge >= 0.3 is 0 Å². The van der Waals surface area contributed by atoms with Gasteiger partial charge in [0.05, 0.1) is 6.54 Å². The number of halogens is 2. The van der Waals surface area contributed by atoms with Crippen molar-refractivity contribution in [2.75, 3.05) is 25.5 Å². The summed E-state index contributed by atoms with van der Waals surface area (Å²) in [5.41, 5.74) is 3.05. The highest BCUT2D eigenvalue weighted by Crippen LogP contribution is 2.21. The van der Waals surface area contributed by atoms with E-state index in [1.807, 2.05) is 32.2 Å². The zero-order chi connectivity index (χ0) is 12.1. The van der Waals surface area contributed by atoms with E-state index in [1.54, 1.807) is 11.9 Å². The number of anilines is 1. The topological polar surface area (TPSA) is 15.3 Å². The second-order valence-corrected chi connectivity index (χ2v) is 3.93. The van der Waals surface area contributed by atoms with Crippen molar-refractivity contribution in [1.29, 1.82) is 0 Å². The molecule has 1 rings (SSSR count). The van der Waals surface area contributed by atoms with Crippen LogP contribution in [0.15, 0.2) is 18.2 Å². The Labute approximate surface area is 95.3 Å². The molecule has 2 nitrogen and oxygen atoms in total. The van der Waals surface area contributed by atoms with Gasteiger partial charge in [-0.05, 0) is 25.6 Å². The summed E-state index contributed by atoms with van der Waals surface area (Å²) in [5, 5.41) is 3.05. The Hall–Kier alpha value is -1.16. The fourth-order valence-electron chi connectivity index (χ4n) is 1.72. The van der Waals surface area contributed by atoms with Gasteiger partial charge in [-0.1, -0.05) is 17.7 Å². The third-order valence-electron chi connectivity index (χ3n) is 2.43. The molecule has 0 aliphatic carbocycles. The van der Waals surface area contributed by atoms with Crippen molar-refractivity contribution in [2.24, 2.45) is 0 Å². The van der Waals surface area contributed by atoms with Crippen molar-refractivity contribution in [3.8, 4) is 0 Å². The number of hydrogen-bond acceptors (Lipinski definition) is 2. The van der Waals surface area contributed by atoms with Crippen LogP contribution in [0.2, 0.25) is 0 Å². The van der Waals surface area contributed by atoms with E-state index in [9.17, 15) is 8.78 Å². The highest BCUT2D eigenvalue weighted by atomic mass is 19.3. The highest BCUT2D eigenvalue weighted by molar-refractivity contribution is 5.54. The summed E-state index contributed by atoms with van der Waals surface area (Å²) >= 11 is 0. The third-order valence-corrected chi connectivity index (χ3v) is 2.43. The van der Waals surface area contributed by atoms with Crippen molar-refractivity contribution >= 4 is 5.69 Å². The minimum atomic E-state index is -2.31. The van der Waals surface area contributed by atoms with Crippen LogP contribution in [-0.2, 0) is 6.54 Å². The van der Waals surface area contributed by atoms with Gasteiger partial charge in [0.25, 0.3) is 6.43 Å². The van der Waals surface area contributed by atoms with Crippen molar-refractivity contribution in [3.05, 3.63) is 29.3 Å². The molecule has 0 radical (unpaired) electrons. The van der Waals surface area contributed by atoms with Crippen LogP contribution in [0.3, 0.4) is 0 Å². The minimum absolute atomic E-state index is 0.236. The smallest absolute Gasteiger partial charge is 0.255 e. The van der Waals surface area contributed by atoms with E-state index in [0.717, 1.165) is 16.8 Å². The summed E-state index contributed by atoms with van der Waals surface area (Å²) in [6.07, 6.45) is -2.31. The van der Waals surface area contributed by atoms with Gasteiger partial charge in [-0.2, -0.15) is 0 Å². The van der Waals surface area contributed by atoms with Crippen LogP contribution in [0.1, 0.15) is 11.1 Å². The Kier molecular flexibility index (Phi) is 4.68. The normalized spacial score (nSPS) is 10.9. The molecule has 90 valence electrons. The number of nitrogens with one attached hydrogen (secondary N) is 1. The van der Waals surface area contributed by atoms with Gasteiger partial charge in [0.15, 0.2) is 0 Å². The Bertz CT molecular complexity index is 340. The Morgan fingerprint density at radius 2 is 2.06 bits per heavy atom. The largest absolute Gasteiger partial charge is 0.369 e. The molecular weight excluding hydrogens is 210 g/mol. The summed E-state index contributed by atoms with van der Waals surface area (Å²) in [4.78, 5) is 1.59. The van der Waals surface area contributed by atoms with Gasteiger partial charge in [0.1, 0.15) is 0 Å². The molecule has 0 fully saturated rings. The number of nitrogens with zero attached hydrogens (tertiary/aromatic N) is 1. The minimum Gasteiger partial charge on any atom is -0.369 e. The first-order chi connectivity index (χ1) is 7.54. The monoisotopic (exact) mass is 228 g/mol. The molecule has 4 heteroatoms. The average Bonchev–Trinajstić information content (AvgIpc) is 2.17. The van der Waals surface area contributed by atoms with Crippen molar-refractivity contribution in [3.63, 3.8) is 0 Å². The zero-order valence-electron chi connectivity index (χ0n) is 9.93. The van der Waals surface area contributed by atoms with Gasteiger partial charge < -0.3 is 10.2 Å². The molecule has 16 heavy (non-hydrogen) atoms. The lowest BCUT2D eigenvalue weighted by Gasteiger charge is -2.22. The second-order valence-electron chi connectivity index (χ2n) is 3.93. The Balaban J connectivity index is 2.92. The Morgan fingerprint density at radius 3 is 2.62 bits per heavy atom. The van der Waals surface area contributed by atoms with Crippen LogP contribution < -0.4 is 10.2 Å². The molecule has 0 atom stereocenters. The van der Waals surface area contributed by atoms with E-state index >= 15 is 0 Å². The zero-order valence-corrected chi connectivity index (χ0v) is 9.93. The molecule has 0 aromatic heterocycles. The average molecular weight is 228 g/mol. The highest BCUT2D eigenvalue weighted by Gasteiger charge is 2.11. The standard InChI is InChI=1S/C12H18F2N2/c1-9-4-5-11(10(6-9)7-15-2)16(3)8-12(13)14/h4-6,12,15H,7-8H2,1-3H3. The van der Waals surface area contributed by atoms with E-state index < -0.39 is 6.43 Å². The molecular formula is C12H18F2N2. The van der Waals surface area contributed by atoms with E-state index in [2.05, 4.69) is 5.32 Å². The Morgan fingerprint density at radius 1 is 1.38 bits per heavy atom. The molecule has 1 aromatic carbocycles. The molecule has 0 saturated carbocycles. The maximum absolute atomic E-state index is 12.3. The predicted molar refractivity (Wildman–Crippen MR) is 63.2 cm³/mol. The second kappa shape index (κ2) is 5.80. The van der Waals surface area contributed by atoms with Crippen molar-refractivity contribution in [2.45, 2.75) is 19.9 Å². The maximum Gasteiger partial charge on any atom is 0.255 e. The molecule has 0 aliphatic heterocycles. The van der Waals surface area contributed by atoms with Crippen molar-refractivity contribution < 1.29 is 8.78 Å². The molecule has 0 aliphatic rings. The molecule has 0 saturated heterocycles. The summed E-state index contributed by atoms with van der Waals surface area (Å²) in [6, 6.07) is 5.86. The number of alkyl halides is 2. The molecule has 1 aromatic rings. The van der Waals surface area contributed by atoms with Gasteiger partial charge in [-0.15, -0.1) is 0 Å².